The van der Waals surface area contributed by atoms with Gasteiger partial charge in [0, 0.05) is 26.0 Å². The molecule has 16 heavy (non-hydrogen) atoms. The Morgan fingerprint density at radius 2 is 2.25 bits per heavy atom. The number of rotatable bonds is 6. The van der Waals surface area contributed by atoms with Gasteiger partial charge in [-0.15, -0.1) is 0 Å². The monoisotopic (exact) mass is 226 g/mol. The Balaban J connectivity index is 2.49. The maximum atomic E-state index is 11.5. The van der Waals surface area contributed by atoms with Crippen molar-refractivity contribution in [3.05, 3.63) is 23.5 Å². The summed E-state index contributed by atoms with van der Waals surface area (Å²) in [6.45, 7) is 0.237. The largest absolute Gasteiger partial charge is 0.357 e. The minimum Gasteiger partial charge on any atom is -0.357 e. The van der Waals surface area contributed by atoms with Gasteiger partial charge in [-0.2, -0.15) is 0 Å². The summed E-state index contributed by atoms with van der Waals surface area (Å²) in [6.07, 6.45) is 1.65. The Hall–Kier alpha value is -1.66. The van der Waals surface area contributed by atoms with Crippen LogP contribution in [0.3, 0.4) is 0 Å². The molecule has 2 N–H and O–H groups in total. The highest BCUT2D eigenvalue weighted by Gasteiger charge is 2.11. The number of aromatic nitrogens is 1. The molecule has 6 nitrogen and oxygen atoms in total. The van der Waals surface area contributed by atoms with E-state index in [1.54, 1.807) is 0 Å². The minimum absolute atomic E-state index is 0.237. The first-order valence-electron chi connectivity index (χ1n) is 4.68. The van der Waals surface area contributed by atoms with Crippen LogP contribution in [0, 0.1) is 0 Å². The second kappa shape index (κ2) is 6.04. The zero-order chi connectivity index (χ0) is 12.0. The van der Waals surface area contributed by atoms with Gasteiger partial charge in [0.25, 0.3) is 5.91 Å². The summed E-state index contributed by atoms with van der Waals surface area (Å²) in [6, 6.07) is 1.47. The zero-order valence-corrected chi connectivity index (χ0v) is 9.15. The van der Waals surface area contributed by atoms with E-state index in [2.05, 4.69) is 10.3 Å². The number of amides is 1. The highest BCUT2D eigenvalue weighted by atomic mass is 16.7. The van der Waals surface area contributed by atoms with Crippen LogP contribution in [0.25, 0.3) is 0 Å². The highest BCUT2D eigenvalue weighted by Crippen LogP contribution is 2.00. The quantitative estimate of drug-likeness (QED) is 0.535. The van der Waals surface area contributed by atoms with Crippen molar-refractivity contribution in [1.82, 2.24) is 10.3 Å². The van der Waals surface area contributed by atoms with Gasteiger partial charge in [0.2, 0.25) is 0 Å². The van der Waals surface area contributed by atoms with Gasteiger partial charge in [-0.3, -0.25) is 9.59 Å². The maximum Gasteiger partial charge on any atom is 0.267 e. The van der Waals surface area contributed by atoms with Gasteiger partial charge in [0.05, 0.1) is 6.54 Å². The number of nitrogens with one attached hydrogen (secondary N) is 2. The van der Waals surface area contributed by atoms with E-state index in [4.69, 9.17) is 9.47 Å². The van der Waals surface area contributed by atoms with E-state index in [1.165, 1.54) is 26.5 Å². The molecule has 0 atom stereocenters. The number of carbonyl (C=O) groups is 2. The lowest BCUT2D eigenvalue weighted by Crippen LogP contribution is -2.34. The van der Waals surface area contributed by atoms with E-state index in [9.17, 15) is 9.59 Å². The average molecular weight is 226 g/mol. The van der Waals surface area contributed by atoms with Gasteiger partial charge < -0.3 is 19.8 Å². The fourth-order valence-electron chi connectivity index (χ4n) is 1.14. The van der Waals surface area contributed by atoms with Gasteiger partial charge in [-0.1, -0.05) is 0 Å². The standard InChI is InChI=1S/C10H14N2O4/c1-15-9(16-2)5-12-10(14)8-3-7(6-13)4-11-8/h3-4,6,9,11H,5H2,1-2H3,(H,12,14). The Morgan fingerprint density at radius 1 is 1.56 bits per heavy atom. The normalized spacial score (nSPS) is 10.4. The summed E-state index contributed by atoms with van der Waals surface area (Å²) in [4.78, 5) is 24.6. The molecule has 0 bridgehead atoms. The third-order valence-corrected chi connectivity index (χ3v) is 2.04. The van der Waals surface area contributed by atoms with Gasteiger partial charge >= 0.3 is 0 Å². The molecule has 0 saturated carbocycles. The van der Waals surface area contributed by atoms with Crippen molar-refractivity contribution in [2.75, 3.05) is 20.8 Å². The Morgan fingerprint density at radius 3 is 2.75 bits per heavy atom. The summed E-state index contributed by atoms with van der Waals surface area (Å²) in [5.74, 6) is -0.313. The predicted octanol–water partition coefficient (Wildman–Crippen LogP) is 0.176. The Labute approximate surface area is 92.9 Å². The molecule has 1 aromatic heterocycles. The first-order valence-corrected chi connectivity index (χ1v) is 4.68. The number of hydrogen-bond donors (Lipinski definition) is 2. The number of hydrogen-bond acceptors (Lipinski definition) is 4. The molecule has 0 spiro atoms. The van der Waals surface area contributed by atoms with Crippen LogP contribution >= 0.6 is 0 Å². The van der Waals surface area contributed by atoms with E-state index in [-0.39, 0.29) is 12.5 Å². The Bertz CT molecular complexity index is 357. The molecule has 0 unspecified atom stereocenters. The van der Waals surface area contributed by atoms with Crippen molar-refractivity contribution in [3.63, 3.8) is 0 Å². The molecule has 0 aliphatic rings. The molecule has 1 rings (SSSR count). The van der Waals surface area contributed by atoms with Gasteiger partial charge in [-0.25, -0.2) is 0 Å². The van der Waals surface area contributed by atoms with Crippen molar-refractivity contribution in [3.8, 4) is 0 Å². The first kappa shape index (κ1) is 12.4. The molecule has 1 heterocycles. The third-order valence-electron chi connectivity index (χ3n) is 2.04. The number of H-pyrrole nitrogens is 1. The fourth-order valence-corrected chi connectivity index (χ4v) is 1.14. The van der Waals surface area contributed by atoms with Crippen LogP contribution in [0.1, 0.15) is 20.8 Å². The minimum atomic E-state index is -0.482. The number of ether oxygens (including phenoxy) is 2. The Kier molecular flexibility index (Phi) is 4.68. The molecule has 0 aliphatic heterocycles. The van der Waals surface area contributed by atoms with E-state index in [0.717, 1.165) is 0 Å². The molecule has 6 heteroatoms. The maximum absolute atomic E-state index is 11.5. The van der Waals surface area contributed by atoms with Crippen LogP contribution in [-0.4, -0.2) is 44.2 Å². The second-order valence-electron chi connectivity index (χ2n) is 3.08. The number of aromatic amines is 1. The molecule has 88 valence electrons. The smallest absolute Gasteiger partial charge is 0.267 e. The van der Waals surface area contributed by atoms with Crippen LogP contribution in [0.5, 0.6) is 0 Å². The predicted molar refractivity (Wildman–Crippen MR) is 56.3 cm³/mol. The van der Waals surface area contributed by atoms with Crippen molar-refractivity contribution in [2.45, 2.75) is 6.29 Å². The molecule has 0 aliphatic carbocycles. The van der Waals surface area contributed by atoms with Crippen LogP contribution in [0.15, 0.2) is 12.3 Å². The molecule has 0 saturated heterocycles. The number of carbonyl (C=O) groups excluding carboxylic acids is 2. The lowest BCUT2D eigenvalue weighted by atomic mass is 10.3. The summed E-state index contributed by atoms with van der Waals surface area (Å²) >= 11 is 0. The number of methoxy groups -OCH3 is 2. The highest BCUT2D eigenvalue weighted by molar-refractivity contribution is 5.94. The van der Waals surface area contributed by atoms with Gasteiger partial charge in [0.15, 0.2) is 12.6 Å². The summed E-state index contributed by atoms with van der Waals surface area (Å²) in [5, 5.41) is 2.60. The molecule has 0 radical (unpaired) electrons. The third kappa shape index (κ3) is 3.18. The molecular weight excluding hydrogens is 212 g/mol. The summed E-state index contributed by atoms with van der Waals surface area (Å²) in [7, 11) is 2.97. The van der Waals surface area contributed by atoms with Crippen molar-refractivity contribution >= 4 is 12.2 Å². The van der Waals surface area contributed by atoms with E-state index in [0.29, 0.717) is 17.5 Å². The van der Waals surface area contributed by atoms with E-state index < -0.39 is 6.29 Å². The van der Waals surface area contributed by atoms with Gasteiger partial charge in [0.1, 0.15) is 5.69 Å². The number of aldehydes is 1. The SMILES string of the molecule is COC(CNC(=O)c1cc(C=O)c[nH]1)OC. The zero-order valence-electron chi connectivity index (χ0n) is 9.15. The van der Waals surface area contributed by atoms with E-state index >= 15 is 0 Å². The van der Waals surface area contributed by atoms with Crippen molar-refractivity contribution < 1.29 is 19.1 Å². The van der Waals surface area contributed by atoms with Crippen molar-refractivity contribution in [2.24, 2.45) is 0 Å². The fraction of sp³-hybridized carbons (Fsp3) is 0.400. The van der Waals surface area contributed by atoms with Crippen molar-refractivity contribution in [1.29, 1.82) is 0 Å². The first-order chi connectivity index (χ1) is 7.71. The average Bonchev–Trinajstić information content (AvgIpc) is 2.78. The topological polar surface area (TPSA) is 80.4 Å². The molecule has 0 fully saturated rings. The molecule has 1 aromatic rings. The summed E-state index contributed by atoms with van der Waals surface area (Å²) in [5.41, 5.74) is 0.758. The van der Waals surface area contributed by atoms with Crippen LogP contribution < -0.4 is 5.32 Å². The lowest BCUT2D eigenvalue weighted by molar-refractivity contribution is -0.0974. The second-order valence-corrected chi connectivity index (χ2v) is 3.08. The summed E-state index contributed by atoms with van der Waals surface area (Å²) < 4.78 is 9.82. The molecular formula is C10H14N2O4. The lowest BCUT2D eigenvalue weighted by Gasteiger charge is -2.13. The van der Waals surface area contributed by atoms with E-state index in [1.807, 2.05) is 0 Å². The van der Waals surface area contributed by atoms with Gasteiger partial charge in [-0.05, 0) is 6.07 Å². The molecule has 1 amide bonds. The van der Waals surface area contributed by atoms with Crippen LogP contribution in [-0.2, 0) is 9.47 Å². The van der Waals surface area contributed by atoms with Crippen LogP contribution in [0.4, 0.5) is 0 Å². The van der Waals surface area contributed by atoms with Crippen LogP contribution in [0.2, 0.25) is 0 Å². The molecule has 0 aromatic carbocycles.